The van der Waals surface area contributed by atoms with Gasteiger partial charge in [0.2, 0.25) is 0 Å². The number of benzene rings is 1. The third kappa shape index (κ3) is 4.81. The summed E-state index contributed by atoms with van der Waals surface area (Å²) in [5, 5.41) is 3.15. The fraction of sp³-hybridized carbons (Fsp3) is 0.533. The van der Waals surface area contributed by atoms with Crippen LogP contribution in [0.15, 0.2) is 24.3 Å². The van der Waals surface area contributed by atoms with Crippen molar-refractivity contribution in [3.63, 3.8) is 0 Å². The lowest BCUT2D eigenvalue weighted by Gasteiger charge is -2.25. The van der Waals surface area contributed by atoms with E-state index < -0.39 is 5.54 Å². The van der Waals surface area contributed by atoms with Crippen LogP contribution in [0.3, 0.4) is 0 Å². The standard InChI is InChI=1S/C15H23NO3/c1-6-18-14(17)15(4,5)16-12-7-9-13(10-8-12)19-11(2)3/h7-11,16H,6H2,1-5H3. The monoisotopic (exact) mass is 265 g/mol. The number of nitrogens with one attached hydrogen (secondary N) is 1. The molecule has 0 spiro atoms. The topological polar surface area (TPSA) is 47.6 Å². The molecule has 4 nitrogen and oxygen atoms in total. The highest BCUT2D eigenvalue weighted by molar-refractivity contribution is 5.83. The predicted octanol–water partition coefficient (Wildman–Crippen LogP) is 3.23. The van der Waals surface area contributed by atoms with E-state index >= 15 is 0 Å². The summed E-state index contributed by atoms with van der Waals surface area (Å²) in [4.78, 5) is 11.8. The average molecular weight is 265 g/mol. The molecule has 4 heteroatoms. The summed E-state index contributed by atoms with van der Waals surface area (Å²) in [6.07, 6.45) is 0.148. The van der Waals surface area contributed by atoms with Crippen molar-refractivity contribution in [2.45, 2.75) is 46.3 Å². The second-order valence-electron chi connectivity index (χ2n) is 5.16. The lowest BCUT2D eigenvalue weighted by atomic mass is 10.1. The Balaban J connectivity index is 2.69. The largest absolute Gasteiger partial charge is 0.491 e. The van der Waals surface area contributed by atoms with Crippen molar-refractivity contribution < 1.29 is 14.3 Å². The van der Waals surface area contributed by atoms with Gasteiger partial charge >= 0.3 is 5.97 Å². The molecular weight excluding hydrogens is 242 g/mol. The number of esters is 1. The Labute approximate surface area is 115 Å². The summed E-state index contributed by atoms with van der Waals surface area (Å²) in [5.74, 6) is 0.548. The molecule has 0 saturated heterocycles. The van der Waals surface area contributed by atoms with Crippen LogP contribution < -0.4 is 10.1 Å². The molecule has 0 aromatic heterocycles. The lowest BCUT2D eigenvalue weighted by Crippen LogP contribution is -2.41. The van der Waals surface area contributed by atoms with E-state index in [0.717, 1.165) is 11.4 Å². The number of rotatable bonds is 6. The summed E-state index contributed by atoms with van der Waals surface area (Å²) < 4.78 is 10.6. The Morgan fingerprint density at radius 2 is 1.84 bits per heavy atom. The third-order valence-electron chi connectivity index (χ3n) is 2.47. The maximum atomic E-state index is 11.8. The predicted molar refractivity (Wildman–Crippen MR) is 76.5 cm³/mol. The van der Waals surface area contributed by atoms with Crippen LogP contribution in [0.2, 0.25) is 0 Å². The van der Waals surface area contributed by atoms with Gasteiger partial charge in [0, 0.05) is 5.69 Å². The van der Waals surface area contributed by atoms with Crippen LogP contribution in [-0.2, 0) is 9.53 Å². The number of hydrogen-bond donors (Lipinski definition) is 1. The first-order chi connectivity index (χ1) is 8.85. The van der Waals surface area contributed by atoms with Crippen molar-refractivity contribution in [3.05, 3.63) is 24.3 Å². The van der Waals surface area contributed by atoms with E-state index in [1.54, 1.807) is 20.8 Å². The first-order valence-electron chi connectivity index (χ1n) is 6.57. The number of carbonyl (C=O) groups is 1. The van der Waals surface area contributed by atoms with Gasteiger partial charge < -0.3 is 14.8 Å². The van der Waals surface area contributed by atoms with E-state index in [1.165, 1.54) is 0 Å². The van der Waals surface area contributed by atoms with Crippen molar-refractivity contribution >= 4 is 11.7 Å². The summed E-state index contributed by atoms with van der Waals surface area (Å²) in [7, 11) is 0. The SMILES string of the molecule is CCOC(=O)C(C)(C)Nc1ccc(OC(C)C)cc1. The van der Waals surface area contributed by atoms with Crippen LogP contribution in [0.25, 0.3) is 0 Å². The molecule has 19 heavy (non-hydrogen) atoms. The second kappa shape index (κ2) is 6.45. The minimum Gasteiger partial charge on any atom is -0.491 e. The fourth-order valence-corrected chi connectivity index (χ4v) is 1.61. The highest BCUT2D eigenvalue weighted by Gasteiger charge is 2.28. The molecule has 0 aliphatic rings. The minimum absolute atomic E-state index is 0.148. The molecule has 1 N–H and O–H groups in total. The molecule has 0 bridgehead atoms. The molecule has 0 heterocycles. The summed E-state index contributed by atoms with van der Waals surface area (Å²) in [5.41, 5.74) is 0.102. The van der Waals surface area contributed by atoms with Crippen molar-refractivity contribution in [1.29, 1.82) is 0 Å². The van der Waals surface area contributed by atoms with Gasteiger partial charge in [-0.25, -0.2) is 4.79 Å². The van der Waals surface area contributed by atoms with Gasteiger partial charge in [-0.2, -0.15) is 0 Å². The zero-order valence-corrected chi connectivity index (χ0v) is 12.3. The van der Waals surface area contributed by atoms with Crippen molar-refractivity contribution in [2.24, 2.45) is 0 Å². The van der Waals surface area contributed by atoms with Crippen LogP contribution in [0.1, 0.15) is 34.6 Å². The summed E-state index contributed by atoms with van der Waals surface area (Å²) in [6, 6.07) is 7.53. The van der Waals surface area contributed by atoms with Crippen molar-refractivity contribution in [2.75, 3.05) is 11.9 Å². The first kappa shape index (κ1) is 15.3. The van der Waals surface area contributed by atoms with Crippen LogP contribution in [0.4, 0.5) is 5.69 Å². The Hall–Kier alpha value is -1.71. The highest BCUT2D eigenvalue weighted by Crippen LogP contribution is 2.20. The van der Waals surface area contributed by atoms with Gasteiger partial charge in [-0.05, 0) is 58.9 Å². The average Bonchev–Trinajstić information content (AvgIpc) is 2.31. The number of carbonyl (C=O) groups excluding carboxylic acids is 1. The Morgan fingerprint density at radius 1 is 1.26 bits per heavy atom. The molecule has 0 aliphatic carbocycles. The normalized spacial score (nSPS) is 11.3. The molecule has 106 valence electrons. The smallest absolute Gasteiger partial charge is 0.331 e. The van der Waals surface area contributed by atoms with E-state index in [2.05, 4.69) is 5.32 Å². The van der Waals surface area contributed by atoms with Crippen LogP contribution in [-0.4, -0.2) is 24.2 Å². The first-order valence-corrected chi connectivity index (χ1v) is 6.57. The molecule has 1 aromatic carbocycles. The van der Waals surface area contributed by atoms with Crippen LogP contribution in [0.5, 0.6) is 5.75 Å². The number of ether oxygens (including phenoxy) is 2. The van der Waals surface area contributed by atoms with Crippen molar-refractivity contribution in [1.82, 2.24) is 0 Å². The molecule has 0 unspecified atom stereocenters. The van der Waals surface area contributed by atoms with E-state index in [1.807, 2.05) is 38.1 Å². The molecule has 0 radical (unpaired) electrons. The zero-order chi connectivity index (χ0) is 14.5. The van der Waals surface area contributed by atoms with Crippen LogP contribution >= 0.6 is 0 Å². The second-order valence-corrected chi connectivity index (χ2v) is 5.16. The minimum atomic E-state index is -0.754. The summed E-state index contributed by atoms with van der Waals surface area (Å²) >= 11 is 0. The van der Waals surface area contributed by atoms with Gasteiger partial charge in [0.25, 0.3) is 0 Å². The van der Waals surface area contributed by atoms with E-state index in [0.29, 0.717) is 6.61 Å². The molecule has 0 fully saturated rings. The maximum absolute atomic E-state index is 11.8. The van der Waals surface area contributed by atoms with E-state index in [-0.39, 0.29) is 12.1 Å². The highest BCUT2D eigenvalue weighted by atomic mass is 16.5. The van der Waals surface area contributed by atoms with Crippen molar-refractivity contribution in [3.8, 4) is 5.75 Å². The zero-order valence-electron chi connectivity index (χ0n) is 12.3. The molecule has 1 aromatic rings. The quantitative estimate of drug-likeness (QED) is 0.802. The maximum Gasteiger partial charge on any atom is 0.331 e. The van der Waals surface area contributed by atoms with Crippen LogP contribution in [0, 0.1) is 0 Å². The van der Waals surface area contributed by atoms with Gasteiger partial charge in [-0.3, -0.25) is 0 Å². The lowest BCUT2D eigenvalue weighted by molar-refractivity contribution is -0.147. The van der Waals surface area contributed by atoms with Gasteiger partial charge in [-0.1, -0.05) is 0 Å². The van der Waals surface area contributed by atoms with Gasteiger partial charge in [0.05, 0.1) is 12.7 Å². The molecule has 0 aliphatic heterocycles. The number of hydrogen-bond acceptors (Lipinski definition) is 4. The Bertz CT molecular complexity index is 410. The third-order valence-corrected chi connectivity index (χ3v) is 2.47. The van der Waals surface area contributed by atoms with Gasteiger partial charge in [-0.15, -0.1) is 0 Å². The Kier molecular flexibility index (Phi) is 5.21. The van der Waals surface area contributed by atoms with E-state index in [9.17, 15) is 4.79 Å². The molecule has 0 atom stereocenters. The summed E-state index contributed by atoms with van der Waals surface area (Å²) in [6.45, 7) is 9.73. The molecular formula is C15H23NO3. The van der Waals surface area contributed by atoms with Gasteiger partial charge in [0.15, 0.2) is 0 Å². The van der Waals surface area contributed by atoms with Gasteiger partial charge in [0.1, 0.15) is 11.3 Å². The molecule has 1 rings (SSSR count). The molecule has 0 saturated carbocycles. The number of anilines is 1. The van der Waals surface area contributed by atoms with E-state index in [4.69, 9.17) is 9.47 Å². The Morgan fingerprint density at radius 3 is 2.32 bits per heavy atom. The fourth-order valence-electron chi connectivity index (χ4n) is 1.61. The molecule has 0 amide bonds.